The molecule has 1 N–H and O–H groups in total. The van der Waals surface area contributed by atoms with Gasteiger partial charge in [-0.2, -0.15) is 5.10 Å². The molecular formula is C18H21N7O2S. The zero-order chi connectivity index (χ0) is 19.5. The number of hydrogen-bond acceptors (Lipinski definition) is 7. The first-order valence-corrected chi connectivity index (χ1v) is 9.93. The number of hydrogen-bond donors (Lipinski definition) is 1. The number of nitrogens with one attached hydrogen (secondary N) is 1. The maximum atomic E-state index is 12.5. The molecule has 0 bridgehead atoms. The van der Waals surface area contributed by atoms with E-state index in [4.69, 9.17) is 0 Å². The van der Waals surface area contributed by atoms with Crippen molar-refractivity contribution in [3.05, 3.63) is 62.5 Å². The minimum atomic E-state index is -0.240. The smallest absolute Gasteiger partial charge is 0.254 e. The van der Waals surface area contributed by atoms with Crippen LogP contribution in [0.1, 0.15) is 33.3 Å². The highest BCUT2D eigenvalue weighted by Gasteiger charge is 2.18. The fraction of sp³-hybridized carbons (Fsp3) is 0.389. The number of carbonyl (C=O) groups is 1. The van der Waals surface area contributed by atoms with E-state index >= 15 is 0 Å². The Bertz CT molecular complexity index is 1020. The van der Waals surface area contributed by atoms with Gasteiger partial charge in [0.1, 0.15) is 10.8 Å². The second-order valence-electron chi connectivity index (χ2n) is 6.73. The molecule has 3 aromatic heterocycles. The van der Waals surface area contributed by atoms with Crippen molar-refractivity contribution in [3.63, 3.8) is 0 Å². The van der Waals surface area contributed by atoms with Crippen LogP contribution in [0.15, 0.2) is 34.8 Å². The van der Waals surface area contributed by atoms with E-state index in [0.717, 1.165) is 30.3 Å². The molecule has 0 saturated carbocycles. The van der Waals surface area contributed by atoms with E-state index in [9.17, 15) is 9.59 Å². The lowest BCUT2D eigenvalue weighted by Gasteiger charge is -2.18. The van der Waals surface area contributed by atoms with Crippen molar-refractivity contribution in [2.75, 3.05) is 6.54 Å². The van der Waals surface area contributed by atoms with Crippen molar-refractivity contribution in [2.45, 2.75) is 32.6 Å². The predicted molar refractivity (Wildman–Crippen MR) is 104 cm³/mol. The molecule has 146 valence electrons. The first-order chi connectivity index (χ1) is 13.6. The number of aryl methyl sites for hydroxylation is 1. The fourth-order valence-corrected chi connectivity index (χ4v) is 3.91. The Balaban J connectivity index is 1.48. The molecule has 28 heavy (non-hydrogen) atoms. The van der Waals surface area contributed by atoms with Gasteiger partial charge in [0.15, 0.2) is 0 Å². The molecule has 4 rings (SSSR count). The Morgan fingerprint density at radius 1 is 1.36 bits per heavy atom. The summed E-state index contributed by atoms with van der Waals surface area (Å²) < 4.78 is 3.30. The Labute approximate surface area is 165 Å². The van der Waals surface area contributed by atoms with Crippen molar-refractivity contribution in [1.82, 2.24) is 34.5 Å². The minimum absolute atomic E-state index is 0.0771. The molecule has 0 unspecified atom stereocenters. The van der Waals surface area contributed by atoms with Gasteiger partial charge in [-0.25, -0.2) is 9.97 Å². The molecule has 9 nitrogen and oxygen atoms in total. The van der Waals surface area contributed by atoms with Crippen molar-refractivity contribution in [3.8, 4) is 0 Å². The van der Waals surface area contributed by atoms with Gasteiger partial charge >= 0.3 is 0 Å². The van der Waals surface area contributed by atoms with Crippen LogP contribution in [0, 0.1) is 0 Å². The topological polar surface area (TPSA) is 97.9 Å². The largest absolute Gasteiger partial charge is 0.346 e. The summed E-state index contributed by atoms with van der Waals surface area (Å²) >= 11 is 1.63. The number of thiazole rings is 1. The molecule has 0 fully saturated rings. The molecule has 10 heteroatoms. The standard InChI is InChI=1S/C18H21N7O2S/c1-23-10-13(8-21-23)18(27)20-9-14-7-17(26)25-5-2-4-24(11-15(25)22-14)12-16-19-3-6-28-16/h3,6-8,10H,2,4-5,9,11-12H2,1H3,(H,20,27). The van der Waals surface area contributed by atoms with Gasteiger partial charge in [-0.15, -0.1) is 11.3 Å². The lowest BCUT2D eigenvalue weighted by molar-refractivity contribution is 0.0950. The van der Waals surface area contributed by atoms with Gasteiger partial charge in [0.2, 0.25) is 0 Å². The van der Waals surface area contributed by atoms with Gasteiger partial charge in [-0.05, 0) is 6.42 Å². The first kappa shape index (κ1) is 18.5. The Morgan fingerprint density at radius 2 is 2.25 bits per heavy atom. The number of amides is 1. The zero-order valence-electron chi connectivity index (χ0n) is 15.5. The fourth-order valence-electron chi connectivity index (χ4n) is 3.26. The predicted octanol–water partition coefficient (Wildman–Crippen LogP) is 0.769. The Hall–Kier alpha value is -2.85. The highest BCUT2D eigenvalue weighted by molar-refractivity contribution is 7.09. The molecule has 1 aliphatic rings. The van der Waals surface area contributed by atoms with Crippen LogP contribution in [0.2, 0.25) is 0 Å². The lowest BCUT2D eigenvalue weighted by atomic mass is 10.3. The minimum Gasteiger partial charge on any atom is -0.346 e. The van der Waals surface area contributed by atoms with Gasteiger partial charge in [-0.1, -0.05) is 0 Å². The zero-order valence-corrected chi connectivity index (χ0v) is 16.4. The lowest BCUT2D eigenvalue weighted by Crippen LogP contribution is -2.29. The van der Waals surface area contributed by atoms with Crippen LogP contribution in [0.25, 0.3) is 0 Å². The van der Waals surface area contributed by atoms with Gasteiger partial charge in [0, 0.05) is 44.0 Å². The van der Waals surface area contributed by atoms with Crippen molar-refractivity contribution < 1.29 is 4.79 Å². The molecule has 3 aromatic rings. The quantitative estimate of drug-likeness (QED) is 0.681. The van der Waals surface area contributed by atoms with E-state index in [1.54, 1.807) is 40.0 Å². The highest BCUT2D eigenvalue weighted by Crippen LogP contribution is 2.14. The van der Waals surface area contributed by atoms with Crippen molar-refractivity contribution in [1.29, 1.82) is 0 Å². The van der Waals surface area contributed by atoms with Crippen LogP contribution in [-0.2, 0) is 33.2 Å². The summed E-state index contributed by atoms with van der Waals surface area (Å²) in [6, 6.07) is 1.50. The summed E-state index contributed by atoms with van der Waals surface area (Å²) in [5, 5.41) is 9.81. The van der Waals surface area contributed by atoms with Crippen LogP contribution in [0.4, 0.5) is 0 Å². The summed E-state index contributed by atoms with van der Waals surface area (Å²) in [5.74, 6) is 0.488. The van der Waals surface area contributed by atoms with Gasteiger partial charge in [0.25, 0.3) is 11.5 Å². The molecule has 0 saturated heterocycles. The maximum absolute atomic E-state index is 12.5. The summed E-state index contributed by atoms with van der Waals surface area (Å²) in [6.45, 7) is 3.06. The van der Waals surface area contributed by atoms with Crippen LogP contribution in [-0.4, -0.2) is 41.7 Å². The third kappa shape index (κ3) is 4.18. The molecule has 0 radical (unpaired) electrons. The van der Waals surface area contributed by atoms with E-state index in [1.165, 1.54) is 12.3 Å². The third-order valence-corrected chi connectivity index (χ3v) is 5.37. The normalized spacial score (nSPS) is 14.5. The first-order valence-electron chi connectivity index (χ1n) is 9.06. The van der Waals surface area contributed by atoms with Crippen molar-refractivity contribution >= 4 is 17.2 Å². The van der Waals surface area contributed by atoms with Gasteiger partial charge in [-0.3, -0.25) is 23.7 Å². The Morgan fingerprint density at radius 3 is 3.00 bits per heavy atom. The average molecular weight is 399 g/mol. The molecule has 1 amide bonds. The molecule has 0 spiro atoms. The van der Waals surface area contributed by atoms with Crippen molar-refractivity contribution in [2.24, 2.45) is 7.05 Å². The second-order valence-corrected chi connectivity index (χ2v) is 7.71. The van der Waals surface area contributed by atoms with Crippen LogP contribution in [0.5, 0.6) is 0 Å². The SMILES string of the molecule is Cn1cc(C(=O)NCc2cc(=O)n3c(n2)CN(Cc2nccs2)CCC3)cn1. The molecule has 4 heterocycles. The molecule has 1 aliphatic heterocycles. The molecular weight excluding hydrogens is 378 g/mol. The monoisotopic (exact) mass is 399 g/mol. The van der Waals surface area contributed by atoms with E-state index in [2.05, 4.69) is 25.3 Å². The van der Waals surface area contributed by atoms with Crippen LogP contribution < -0.4 is 10.9 Å². The number of nitrogens with zero attached hydrogens (tertiary/aromatic N) is 6. The van der Waals surface area contributed by atoms with E-state index in [1.807, 2.05) is 5.38 Å². The second kappa shape index (κ2) is 8.03. The van der Waals surface area contributed by atoms with E-state index < -0.39 is 0 Å². The molecule has 0 atom stereocenters. The number of carbonyl (C=O) groups excluding carboxylic acids is 1. The molecule has 0 aliphatic carbocycles. The summed E-state index contributed by atoms with van der Waals surface area (Å²) in [4.78, 5) is 36.0. The van der Waals surface area contributed by atoms with Crippen LogP contribution in [0.3, 0.4) is 0 Å². The average Bonchev–Trinajstić information content (AvgIpc) is 3.28. The van der Waals surface area contributed by atoms with Gasteiger partial charge in [0.05, 0.1) is 37.1 Å². The number of rotatable bonds is 5. The Kier molecular flexibility index (Phi) is 5.31. The third-order valence-electron chi connectivity index (χ3n) is 4.60. The summed E-state index contributed by atoms with van der Waals surface area (Å²) in [7, 11) is 1.75. The van der Waals surface area contributed by atoms with E-state index in [0.29, 0.717) is 24.3 Å². The van der Waals surface area contributed by atoms with Gasteiger partial charge < -0.3 is 5.32 Å². The summed E-state index contributed by atoms with van der Waals surface area (Å²) in [5.41, 5.74) is 0.958. The highest BCUT2D eigenvalue weighted by atomic mass is 32.1. The maximum Gasteiger partial charge on any atom is 0.254 e. The van der Waals surface area contributed by atoms with Crippen LogP contribution >= 0.6 is 11.3 Å². The summed E-state index contributed by atoms with van der Waals surface area (Å²) in [6.07, 6.45) is 5.84. The molecule has 0 aromatic carbocycles. The van der Waals surface area contributed by atoms with E-state index in [-0.39, 0.29) is 18.0 Å². The number of aromatic nitrogens is 5. The number of fused-ring (bicyclic) bond motifs is 1.